The molecule has 1 saturated carbocycles. The molecule has 2 aliphatic rings. The number of amides is 2. The van der Waals surface area contributed by atoms with Gasteiger partial charge in [0.25, 0.3) is 0 Å². The highest BCUT2D eigenvalue weighted by atomic mass is 19.1. The number of imide groups is 1. The molecule has 3 unspecified atom stereocenters. The quantitative estimate of drug-likeness (QED) is 0.863. The first-order chi connectivity index (χ1) is 11.1. The van der Waals surface area contributed by atoms with Crippen LogP contribution in [0.1, 0.15) is 45.3 Å². The molecule has 2 fully saturated rings. The Morgan fingerprint density at radius 1 is 1.29 bits per heavy atom. The zero-order valence-corrected chi connectivity index (χ0v) is 14.0. The molecule has 2 bridgehead atoms. The second-order valence-electron chi connectivity index (χ2n) is 7.58. The van der Waals surface area contributed by atoms with Gasteiger partial charge in [0.1, 0.15) is 11.6 Å². The van der Waals surface area contributed by atoms with Crippen molar-refractivity contribution in [3.05, 3.63) is 35.4 Å². The summed E-state index contributed by atoms with van der Waals surface area (Å²) in [5.41, 5.74) is -1.39. The average molecular weight is 337 g/mol. The number of aliphatic hydroxyl groups excluding tert-OH is 1. The molecule has 1 aromatic carbocycles. The number of halogens is 2. The minimum atomic E-state index is -1.46. The molecule has 1 aromatic rings. The van der Waals surface area contributed by atoms with Crippen LogP contribution < -0.4 is 0 Å². The topological polar surface area (TPSA) is 57.6 Å². The fraction of sp³-hybridized carbons (Fsp3) is 0.556. The van der Waals surface area contributed by atoms with Crippen molar-refractivity contribution in [1.82, 2.24) is 4.90 Å². The van der Waals surface area contributed by atoms with E-state index in [0.717, 1.165) is 23.1 Å². The van der Waals surface area contributed by atoms with E-state index < -0.39 is 28.6 Å². The second-order valence-corrected chi connectivity index (χ2v) is 7.58. The summed E-state index contributed by atoms with van der Waals surface area (Å²) in [6.07, 6.45) is -0.233. The Morgan fingerprint density at radius 3 is 2.62 bits per heavy atom. The van der Waals surface area contributed by atoms with Crippen LogP contribution in [-0.2, 0) is 9.59 Å². The van der Waals surface area contributed by atoms with Crippen molar-refractivity contribution >= 4 is 11.8 Å². The van der Waals surface area contributed by atoms with E-state index in [0.29, 0.717) is 12.8 Å². The minimum Gasteiger partial charge on any atom is -0.386 e. The third-order valence-corrected chi connectivity index (χ3v) is 6.18. The van der Waals surface area contributed by atoms with E-state index in [4.69, 9.17) is 0 Å². The van der Waals surface area contributed by atoms with Crippen molar-refractivity contribution in [2.24, 2.45) is 16.7 Å². The van der Waals surface area contributed by atoms with Crippen LogP contribution in [0.3, 0.4) is 0 Å². The lowest BCUT2D eigenvalue weighted by Gasteiger charge is -2.48. The molecular formula is C18H21F2NO3. The van der Waals surface area contributed by atoms with E-state index in [1.165, 1.54) is 0 Å². The van der Waals surface area contributed by atoms with E-state index in [9.17, 15) is 23.5 Å². The number of nitrogens with zero attached hydrogens (tertiary/aromatic N) is 1. The van der Waals surface area contributed by atoms with E-state index in [1.54, 1.807) is 0 Å². The fourth-order valence-electron chi connectivity index (χ4n) is 4.12. The number of benzene rings is 1. The zero-order valence-electron chi connectivity index (χ0n) is 14.0. The van der Waals surface area contributed by atoms with Gasteiger partial charge in [-0.2, -0.15) is 0 Å². The van der Waals surface area contributed by atoms with Crippen molar-refractivity contribution in [2.45, 2.75) is 39.7 Å². The Hall–Kier alpha value is -1.82. The molecule has 1 aliphatic carbocycles. The summed E-state index contributed by atoms with van der Waals surface area (Å²) in [5, 5.41) is 10.3. The number of hydrogen-bond donors (Lipinski definition) is 1. The summed E-state index contributed by atoms with van der Waals surface area (Å²) in [6.45, 7) is 5.31. The van der Waals surface area contributed by atoms with Crippen molar-refractivity contribution in [3.8, 4) is 0 Å². The predicted octanol–water partition coefficient (Wildman–Crippen LogP) is 2.81. The average Bonchev–Trinajstić information content (AvgIpc) is 2.70. The van der Waals surface area contributed by atoms with Crippen LogP contribution in [0.15, 0.2) is 18.2 Å². The van der Waals surface area contributed by atoms with E-state index in [2.05, 4.69) is 0 Å². The third-order valence-electron chi connectivity index (χ3n) is 6.18. The summed E-state index contributed by atoms with van der Waals surface area (Å²) in [4.78, 5) is 26.6. The molecule has 3 atom stereocenters. The van der Waals surface area contributed by atoms with E-state index in [-0.39, 0.29) is 29.8 Å². The van der Waals surface area contributed by atoms with Gasteiger partial charge in [0.15, 0.2) is 0 Å². The number of hydrogen-bond acceptors (Lipinski definition) is 3. The maximum absolute atomic E-state index is 13.8. The molecular weight excluding hydrogens is 316 g/mol. The number of aliphatic hydroxyl groups is 1. The van der Waals surface area contributed by atoms with Gasteiger partial charge in [-0.05, 0) is 36.5 Å². The SMILES string of the molecule is CC12CCC(C(=O)N(CC(O)c3cc(F)ccc3F)C1=O)C2(C)C. The zero-order chi connectivity index (χ0) is 17.9. The van der Waals surface area contributed by atoms with Crippen LogP contribution in [0.5, 0.6) is 0 Å². The van der Waals surface area contributed by atoms with E-state index in [1.807, 2.05) is 20.8 Å². The molecule has 1 aliphatic heterocycles. The summed E-state index contributed by atoms with van der Waals surface area (Å²) in [6, 6.07) is 2.76. The second kappa shape index (κ2) is 5.34. The van der Waals surface area contributed by atoms with Gasteiger partial charge < -0.3 is 5.11 Å². The van der Waals surface area contributed by atoms with Gasteiger partial charge >= 0.3 is 0 Å². The lowest BCUT2D eigenvalue weighted by Crippen LogP contribution is -2.59. The first-order valence-electron chi connectivity index (χ1n) is 8.08. The highest BCUT2D eigenvalue weighted by Crippen LogP contribution is 2.60. The molecule has 3 rings (SSSR count). The number of likely N-dealkylation sites (tertiary alicyclic amines) is 1. The molecule has 1 N–H and O–H groups in total. The van der Waals surface area contributed by atoms with Crippen molar-refractivity contribution in [3.63, 3.8) is 0 Å². The smallest absolute Gasteiger partial charge is 0.235 e. The summed E-state index contributed by atoms with van der Waals surface area (Å²) in [5.74, 6) is -2.44. The van der Waals surface area contributed by atoms with Gasteiger partial charge in [0.05, 0.1) is 18.1 Å². The molecule has 130 valence electrons. The van der Waals surface area contributed by atoms with E-state index >= 15 is 0 Å². The van der Waals surface area contributed by atoms with Gasteiger partial charge in [-0.3, -0.25) is 14.5 Å². The first kappa shape index (κ1) is 17.0. The summed E-state index contributed by atoms with van der Waals surface area (Å²) >= 11 is 0. The highest BCUT2D eigenvalue weighted by molar-refractivity contribution is 6.03. The van der Waals surface area contributed by atoms with Crippen LogP contribution in [0, 0.1) is 28.4 Å². The van der Waals surface area contributed by atoms with Crippen LogP contribution in [0.25, 0.3) is 0 Å². The van der Waals surface area contributed by atoms with Crippen molar-refractivity contribution in [1.29, 1.82) is 0 Å². The number of carbonyl (C=O) groups excluding carboxylic acids is 2. The number of carbonyl (C=O) groups is 2. The van der Waals surface area contributed by atoms with Crippen LogP contribution >= 0.6 is 0 Å². The molecule has 0 aromatic heterocycles. The highest BCUT2D eigenvalue weighted by Gasteiger charge is 2.64. The molecule has 0 radical (unpaired) electrons. The summed E-state index contributed by atoms with van der Waals surface area (Å²) in [7, 11) is 0. The Balaban J connectivity index is 1.90. The lowest BCUT2D eigenvalue weighted by atomic mass is 9.62. The molecule has 24 heavy (non-hydrogen) atoms. The largest absolute Gasteiger partial charge is 0.386 e. The fourth-order valence-corrected chi connectivity index (χ4v) is 4.12. The molecule has 1 heterocycles. The number of fused-ring (bicyclic) bond motifs is 2. The molecule has 1 saturated heterocycles. The van der Waals surface area contributed by atoms with Crippen LogP contribution in [0.2, 0.25) is 0 Å². The van der Waals surface area contributed by atoms with Crippen molar-refractivity contribution in [2.75, 3.05) is 6.54 Å². The lowest BCUT2D eigenvalue weighted by molar-refractivity contribution is -0.169. The molecule has 2 amide bonds. The normalized spacial score (nSPS) is 29.9. The Labute approximate surface area is 139 Å². The summed E-state index contributed by atoms with van der Waals surface area (Å²) < 4.78 is 27.1. The molecule has 0 spiro atoms. The van der Waals surface area contributed by atoms with Crippen LogP contribution in [0.4, 0.5) is 8.78 Å². The van der Waals surface area contributed by atoms with Gasteiger partial charge in [-0.1, -0.05) is 20.8 Å². The Bertz CT molecular complexity index is 718. The van der Waals surface area contributed by atoms with Gasteiger partial charge in [-0.25, -0.2) is 8.78 Å². The monoisotopic (exact) mass is 337 g/mol. The Morgan fingerprint density at radius 2 is 1.96 bits per heavy atom. The number of piperidine rings is 1. The van der Waals surface area contributed by atoms with Crippen LogP contribution in [-0.4, -0.2) is 28.4 Å². The first-order valence-corrected chi connectivity index (χ1v) is 8.08. The number of β-amino-alcohol motifs (C(OH)–C–C–N with tert-alkyl or cyclic N) is 1. The third kappa shape index (κ3) is 2.19. The maximum atomic E-state index is 13.8. The predicted molar refractivity (Wildman–Crippen MR) is 82.6 cm³/mol. The number of rotatable bonds is 3. The van der Waals surface area contributed by atoms with Crippen molar-refractivity contribution < 1.29 is 23.5 Å². The standard InChI is InChI=1S/C18H21F2NO3/c1-17(2)12-6-7-18(17,3)16(24)21(15(12)23)9-14(22)11-8-10(19)4-5-13(11)20/h4-5,8,12,14,22H,6-7,9H2,1-3H3. The maximum Gasteiger partial charge on any atom is 0.235 e. The van der Waals surface area contributed by atoms with Gasteiger partial charge in [0.2, 0.25) is 11.8 Å². The molecule has 4 nitrogen and oxygen atoms in total. The molecule has 6 heteroatoms. The van der Waals surface area contributed by atoms with Gasteiger partial charge in [0, 0.05) is 11.5 Å². The van der Waals surface area contributed by atoms with Gasteiger partial charge in [-0.15, -0.1) is 0 Å². The Kier molecular flexibility index (Phi) is 3.79. The minimum absolute atomic E-state index is 0.252.